The van der Waals surface area contributed by atoms with E-state index < -0.39 is 54.5 Å². The lowest BCUT2D eigenvalue weighted by atomic mass is 10.1. The number of thiol groups is 1. The van der Waals surface area contributed by atoms with Crippen molar-refractivity contribution >= 4 is 42.2 Å². The smallest absolute Gasteiger partial charge is 0.326 e. The van der Waals surface area contributed by atoms with Crippen molar-refractivity contribution in [1.82, 2.24) is 25.8 Å². The van der Waals surface area contributed by atoms with E-state index in [-0.39, 0.29) is 24.2 Å². The van der Waals surface area contributed by atoms with Crippen molar-refractivity contribution in [3.05, 3.63) is 0 Å². The molecule has 190 valence electrons. The van der Waals surface area contributed by atoms with Crippen molar-refractivity contribution in [1.29, 1.82) is 0 Å². The zero-order valence-electron chi connectivity index (χ0n) is 18.9. The quantitative estimate of drug-likeness (QED) is 0.193. The molecule has 3 aliphatic rings. The molecule has 3 heterocycles. The Balaban J connectivity index is 1.59. The number of carboxylic acids is 1. The summed E-state index contributed by atoms with van der Waals surface area (Å²) >= 11 is 4.11. The molecule has 0 unspecified atom stereocenters. The third-order valence-corrected chi connectivity index (χ3v) is 7.00. The minimum absolute atomic E-state index is 0.0845. The Labute approximate surface area is 203 Å². The van der Waals surface area contributed by atoms with Gasteiger partial charge in [0.25, 0.3) is 0 Å². The highest BCUT2D eigenvalue weighted by Crippen LogP contribution is 2.21. The Hall–Kier alpha value is -2.38. The summed E-state index contributed by atoms with van der Waals surface area (Å²) in [5, 5.41) is 27.1. The van der Waals surface area contributed by atoms with Gasteiger partial charge in [-0.05, 0) is 45.1 Å². The second-order valence-corrected chi connectivity index (χ2v) is 9.22. The molecule has 5 atom stereocenters. The second-order valence-electron chi connectivity index (χ2n) is 8.85. The summed E-state index contributed by atoms with van der Waals surface area (Å²) in [6, 6.07) is -4.45. The molecule has 0 aliphatic carbocycles. The highest BCUT2D eigenvalue weighted by molar-refractivity contribution is 7.80. The molecule has 3 saturated heterocycles. The maximum Gasteiger partial charge on any atom is 0.326 e. The summed E-state index contributed by atoms with van der Waals surface area (Å²) in [5.74, 6) is -3.25. The third-order valence-electron chi connectivity index (χ3n) is 6.63. The standard InChI is InChI=1S/C21H33N5O7S/c27-10-13(17(28)24-14(11-34)20(31)26-9-3-6-16(26)21(32)33)23-18(29)15-5-2-8-25(15)19(30)12-4-1-7-22-12/h12-16,22,27,34H,1-11H2,(H,23,29)(H,24,28)(H,32,33)/t12-,13-,14-,15-,16-/m0/s1. The minimum atomic E-state index is -1.33. The first-order chi connectivity index (χ1) is 16.3. The molecule has 0 bridgehead atoms. The third kappa shape index (κ3) is 5.81. The van der Waals surface area contributed by atoms with Gasteiger partial charge in [0.15, 0.2) is 0 Å². The first kappa shape index (κ1) is 26.2. The number of aliphatic hydroxyl groups is 1. The predicted octanol–water partition coefficient (Wildman–Crippen LogP) is -2.30. The van der Waals surface area contributed by atoms with Crippen LogP contribution in [0.15, 0.2) is 0 Å². The zero-order valence-corrected chi connectivity index (χ0v) is 19.8. The molecule has 0 aromatic heterocycles. The first-order valence-corrected chi connectivity index (χ1v) is 12.3. The highest BCUT2D eigenvalue weighted by Gasteiger charge is 2.40. The van der Waals surface area contributed by atoms with Gasteiger partial charge in [0.2, 0.25) is 23.6 Å². The Morgan fingerprint density at radius 1 is 0.941 bits per heavy atom. The van der Waals surface area contributed by atoms with Gasteiger partial charge in [-0.3, -0.25) is 19.2 Å². The van der Waals surface area contributed by atoms with Gasteiger partial charge in [-0.1, -0.05) is 0 Å². The number of nitrogens with one attached hydrogen (secondary N) is 3. The van der Waals surface area contributed by atoms with Crippen LogP contribution in [0.3, 0.4) is 0 Å². The predicted molar refractivity (Wildman–Crippen MR) is 123 cm³/mol. The van der Waals surface area contributed by atoms with Crippen LogP contribution in [0.1, 0.15) is 38.5 Å². The van der Waals surface area contributed by atoms with E-state index in [9.17, 15) is 34.2 Å². The lowest BCUT2D eigenvalue weighted by molar-refractivity contribution is -0.149. The summed E-state index contributed by atoms with van der Waals surface area (Å²) < 4.78 is 0. The Morgan fingerprint density at radius 2 is 1.62 bits per heavy atom. The molecule has 3 rings (SSSR count). The number of likely N-dealkylation sites (tertiary alicyclic amines) is 2. The summed E-state index contributed by atoms with van der Waals surface area (Å²) in [6.45, 7) is 0.750. The van der Waals surface area contributed by atoms with Crippen molar-refractivity contribution in [2.45, 2.75) is 68.7 Å². The van der Waals surface area contributed by atoms with Crippen LogP contribution in [-0.2, 0) is 24.0 Å². The second kappa shape index (κ2) is 11.8. The number of carbonyl (C=O) groups is 5. The Morgan fingerprint density at radius 3 is 2.21 bits per heavy atom. The first-order valence-electron chi connectivity index (χ1n) is 11.7. The minimum Gasteiger partial charge on any atom is -0.480 e. The normalized spacial score (nSPS) is 26.2. The van der Waals surface area contributed by atoms with Gasteiger partial charge in [-0.2, -0.15) is 12.6 Å². The van der Waals surface area contributed by atoms with Crippen molar-refractivity contribution in [2.75, 3.05) is 32.0 Å². The molecule has 3 fully saturated rings. The van der Waals surface area contributed by atoms with Crippen molar-refractivity contribution in [2.24, 2.45) is 0 Å². The van der Waals surface area contributed by atoms with Crippen LogP contribution in [0.2, 0.25) is 0 Å². The van der Waals surface area contributed by atoms with Crippen LogP contribution in [0.5, 0.6) is 0 Å². The fourth-order valence-electron chi connectivity index (χ4n) is 4.81. The van der Waals surface area contributed by atoms with E-state index in [2.05, 4.69) is 28.6 Å². The van der Waals surface area contributed by atoms with E-state index in [1.54, 1.807) is 0 Å². The number of hydrogen-bond donors (Lipinski definition) is 6. The lowest BCUT2D eigenvalue weighted by Gasteiger charge is -2.29. The molecule has 0 aromatic carbocycles. The van der Waals surface area contributed by atoms with Crippen LogP contribution < -0.4 is 16.0 Å². The van der Waals surface area contributed by atoms with Crippen molar-refractivity contribution in [3.8, 4) is 0 Å². The van der Waals surface area contributed by atoms with E-state index in [1.807, 2.05) is 0 Å². The zero-order chi connectivity index (χ0) is 24.8. The Bertz CT molecular complexity index is 806. The van der Waals surface area contributed by atoms with Crippen molar-refractivity contribution in [3.63, 3.8) is 0 Å². The van der Waals surface area contributed by atoms with Crippen molar-refractivity contribution < 1.29 is 34.2 Å². The molecule has 3 aliphatic heterocycles. The van der Waals surface area contributed by atoms with Gasteiger partial charge in [-0.25, -0.2) is 4.79 Å². The summed E-state index contributed by atoms with van der Waals surface area (Å²) in [7, 11) is 0. The monoisotopic (exact) mass is 499 g/mol. The molecule has 13 heteroatoms. The summed E-state index contributed by atoms with van der Waals surface area (Å²) in [5.41, 5.74) is 0. The molecule has 4 amide bonds. The van der Waals surface area contributed by atoms with Crippen LogP contribution >= 0.6 is 12.6 Å². The molecule has 12 nitrogen and oxygen atoms in total. The van der Waals surface area contributed by atoms with Crippen LogP contribution in [0.4, 0.5) is 0 Å². The lowest BCUT2D eigenvalue weighted by Crippen LogP contribution is -2.59. The van der Waals surface area contributed by atoms with Crippen LogP contribution in [-0.4, -0.2) is 112 Å². The molecular formula is C21H33N5O7S. The van der Waals surface area contributed by atoms with Gasteiger partial charge in [0.05, 0.1) is 12.6 Å². The molecule has 5 N–H and O–H groups in total. The maximum absolute atomic E-state index is 12.9. The number of aliphatic hydroxyl groups excluding tert-OH is 1. The van der Waals surface area contributed by atoms with E-state index >= 15 is 0 Å². The summed E-state index contributed by atoms with van der Waals surface area (Å²) in [6.07, 6.45) is 3.58. The fourth-order valence-corrected chi connectivity index (χ4v) is 5.05. The average molecular weight is 500 g/mol. The van der Waals surface area contributed by atoms with Gasteiger partial charge in [0, 0.05) is 18.8 Å². The van der Waals surface area contributed by atoms with E-state index in [0.29, 0.717) is 38.6 Å². The molecule has 0 saturated carbocycles. The van der Waals surface area contributed by atoms with E-state index in [0.717, 1.165) is 13.0 Å². The number of rotatable bonds is 9. The molecule has 0 spiro atoms. The average Bonchev–Trinajstić information content (AvgIpc) is 3.60. The number of hydrogen-bond acceptors (Lipinski definition) is 8. The molecule has 34 heavy (non-hydrogen) atoms. The van der Waals surface area contributed by atoms with Gasteiger partial charge in [-0.15, -0.1) is 0 Å². The maximum atomic E-state index is 12.9. The topological polar surface area (TPSA) is 168 Å². The molecule has 0 aromatic rings. The largest absolute Gasteiger partial charge is 0.480 e. The Kier molecular flexibility index (Phi) is 9.14. The van der Waals surface area contributed by atoms with Gasteiger partial charge < -0.3 is 36.0 Å². The summed E-state index contributed by atoms with van der Waals surface area (Å²) in [4.78, 5) is 65.4. The number of amides is 4. The number of aliphatic carboxylic acids is 1. The molecule has 0 radical (unpaired) electrons. The van der Waals surface area contributed by atoms with Crippen LogP contribution in [0, 0.1) is 0 Å². The number of nitrogens with zero attached hydrogens (tertiary/aromatic N) is 2. The SMILES string of the molecule is O=C(N[C@@H](CS)C(=O)N1CCC[C@H]1C(=O)O)[C@H](CO)NC(=O)[C@@H]1CCCN1C(=O)[C@@H]1CCCN1. The highest BCUT2D eigenvalue weighted by atomic mass is 32.1. The number of carboxylic acid groups (broad SMARTS) is 1. The van der Waals surface area contributed by atoms with E-state index in [1.165, 1.54) is 9.80 Å². The fraction of sp³-hybridized carbons (Fsp3) is 0.762. The van der Waals surface area contributed by atoms with E-state index in [4.69, 9.17) is 0 Å². The van der Waals surface area contributed by atoms with Gasteiger partial charge >= 0.3 is 5.97 Å². The van der Waals surface area contributed by atoms with Crippen LogP contribution in [0.25, 0.3) is 0 Å². The molecular weight excluding hydrogens is 466 g/mol. The van der Waals surface area contributed by atoms with Gasteiger partial charge in [0.1, 0.15) is 24.2 Å². The number of carbonyl (C=O) groups excluding carboxylic acids is 4.